The number of aryl methyl sites for hydroxylation is 1. The Bertz CT molecular complexity index is 324. The van der Waals surface area contributed by atoms with E-state index in [-0.39, 0.29) is 0 Å². The highest BCUT2D eigenvalue weighted by Crippen LogP contribution is 2.15. The van der Waals surface area contributed by atoms with Gasteiger partial charge in [-0.15, -0.1) is 0 Å². The molecule has 0 unspecified atom stereocenters. The molecule has 16 heavy (non-hydrogen) atoms. The van der Waals surface area contributed by atoms with E-state index in [2.05, 4.69) is 50.6 Å². The first-order valence-corrected chi connectivity index (χ1v) is 6.42. The lowest BCUT2D eigenvalue weighted by molar-refractivity contribution is 0.550. The van der Waals surface area contributed by atoms with Gasteiger partial charge >= 0.3 is 0 Å². The lowest BCUT2D eigenvalue weighted by Gasteiger charge is -2.09. The maximum Gasteiger partial charge on any atom is 0.0223 e. The van der Waals surface area contributed by atoms with Gasteiger partial charge in [0.25, 0.3) is 0 Å². The predicted molar refractivity (Wildman–Crippen MR) is 70.7 cm³/mol. The standard InChI is InChI=1S/C14H26N2/c1-6-7-16-12(4)8-14(13(16)5)10-15-9-11(2)3/h8,11,15H,6-7,9-10H2,1-5H3. The summed E-state index contributed by atoms with van der Waals surface area (Å²) >= 11 is 0. The average molecular weight is 222 g/mol. The van der Waals surface area contributed by atoms with Crippen LogP contribution in [0.15, 0.2) is 6.07 Å². The molecule has 0 amide bonds. The Morgan fingerprint density at radius 3 is 2.56 bits per heavy atom. The highest BCUT2D eigenvalue weighted by atomic mass is 15.0. The van der Waals surface area contributed by atoms with Gasteiger partial charge in [0.1, 0.15) is 0 Å². The summed E-state index contributed by atoms with van der Waals surface area (Å²) in [5.74, 6) is 0.721. The van der Waals surface area contributed by atoms with Crippen LogP contribution in [0.1, 0.15) is 44.1 Å². The highest BCUT2D eigenvalue weighted by Gasteiger charge is 2.07. The fraction of sp³-hybridized carbons (Fsp3) is 0.714. The number of nitrogens with one attached hydrogen (secondary N) is 1. The molecule has 1 aromatic rings. The lowest BCUT2D eigenvalue weighted by atomic mass is 10.2. The molecule has 0 aliphatic heterocycles. The van der Waals surface area contributed by atoms with Gasteiger partial charge in [0.15, 0.2) is 0 Å². The molecule has 1 aromatic heterocycles. The summed E-state index contributed by atoms with van der Waals surface area (Å²) in [7, 11) is 0. The third kappa shape index (κ3) is 3.38. The molecule has 0 fully saturated rings. The van der Waals surface area contributed by atoms with E-state index in [0.717, 1.165) is 25.6 Å². The Morgan fingerprint density at radius 1 is 1.31 bits per heavy atom. The molecule has 1 heterocycles. The van der Waals surface area contributed by atoms with E-state index in [1.54, 1.807) is 0 Å². The normalized spacial score (nSPS) is 11.4. The maximum atomic E-state index is 3.51. The summed E-state index contributed by atoms with van der Waals surface area (Å²) in [6, 6.07) is 2.32. The van der Waals surface area contributed by atoms with E-state index in [1.165, 1.54) is 23.4 Å². The molecule has 0 spiro atoms. The van der Waals surface area contributed by atoms with Gasteiger partial charge in [0.2, 0.25) is 0 Å². The molecule has 0 aliphatic carbocycles. The van der Waals surface area contributed by atoms with Crippen LogP contribution >= 0.6 is 0 Å². The van der Waals surface area contributed by atoms with Crippen molar-refractivity contribution in [1.82, 2.24) is 9.88 Å². The van der Waals surface area contributed by atoms with Crippen LogP contribution in [0, 0.1) is 19.8 Å². The van der Waals surface area contributed by atoms with Crippen LogP contribution in [0.3, 0.4) is 0 Å². The zero-order chi connectivity index (χ0) is 12.1. The first-order valence-electron chi connectivity index (χ1n) is 6.42. The van der Waals surface area contributed by atoms with Crippen LogP contribution in [0.25, 0.3) is 0 Å². The van der Waals surface area contributed by atoms with Crippen molar-refractivity contribution in [2.45, 2.75) is 54.1 Å². The second-order valence-corrected chi connectivity index (χ2v) is 5.07. The highest BCUT2D eigenvalue weighted by molar-refractivity contribution is 5.26. The summed E-state index contributed by atoms with van der Waals surface area (Å²) in [5, 5.41) is 3.51. The number of aromatic nitrogens is 1. The van der Waals surface area contributed by atoms with E-state index in [9.17, 15) is 0 Å². The van der Waals surface area contributed by atoms with E-state index < -0.39 is 0 Å². The molecule has 2 heteroatoms. The second kappa shape index (κ2) is 6.09. The molecule has 0 radical (unpaired) electrons. The molecule has 0 saturated carbocycles. The van der Waals surface area contributed by atoms with Crippen molar-refractivity contribution < 1.29 is 0 Å². The van der Waals surface area contributed by atoms with Crippen LogP contribution in [0.4, 0.5) is 0 Å². The van der Waals surface area contributed by atoms with Crippen LogP contribution in [-0.4, -0.2) is 11.1 Å². The van der Waals surface area contributed by atoms with Crippen molar-refractivity contribution in [2.24, 2.45) is 5.92 Å². The van der Waals surface area contributed by atoms with Crippen molar-refractivity contribution in [3.05, 3.63) is 23.0 Å². The van der Waals surface area contributed by atoms with Gasteiger partial charge in [-0.25, -0.2) is 0 Å². The molecule has 0 aliphatic rings. The molecule has 0 saturated heterocycles. The Kier molecular flexibility index (Phi) is 5.07. The molecule has 0 aromatic carbocycles. The van der Waals surface area contributed by atoms with Gasteiger partial charge < -0.3 is 9.88 Å². The van der Waals surface area contributed by atoms with Gasteiger partial charge in [0.05, 0.1) is 0 Å². The quantitative estimate of drug-likeness (QED) is 0.781. The zero-order valence-electron chi connectivity index (χ0n) is 11.4. The third-order valence-corrected chi connectivity index (χ3v) is 2.99. The van der Waals surface area contributed by atoms with E-state index in [1.807, 2.05) is 0 Å². The van der Waals surface area contributed by atoms with Crippen molar-refractivity contribution in [3.63, 3.8) is 0 Å². The first-order chi connectivity index (χ1) is 7.56. The van der Waals surface area contributed by atoms with Gasteiger partial charge in [-0.05, 0) is 44.4 Å². The van der Waals surface area contributed by atoms with Gasteiger partial charge in [0, 0.05) is 24.5 Å². The first kappa shape index (κ1) is 13.3. The minimum absolute atomic E-state index is 0.721. The monoisotopic (exact) mass is 222 g/mol. The number of hydrogen-bond acceptors (Lipinski definition) is 1. The summed E-state index contributed by atoms with van der Waals surface area (Å²) in [6.45, 7) is 14.4. The van der Waals surface area contributed by atoms with Crippen molar-refractivity contribution in [2.75, 3.05) is 6.54 Å². The zero-order valence-corrected chi connectivity index (χ0v) is 11.4. The Balaban J connectivity index is 2.63. The summed E-state index contributed by atoms with van der Waals surface area (Å²) in [5.41, 5.74) is 4.27. The smallest absolute Gasteiger partial charge is 0.0223 e. The molecule has 1 rings (SSSR count). The largest absolute Gasteiger partial charge is 0.349 e. The Hall–Kier alpha value is -0.760. The minimum Gasteiger partial charge on any atom is -0.349 e. The summed E-state index contributed by atoms with van der Waals surface area (Å²) in [6.07, 6.45) is 1.20. The molecule has 2 nitrogen and oxygen atoms in total. The molecule has 92 valence electrons. The predicted octanol–water partition coefficient (Wildman–Crippen LogP) is 3.26. The second-order valence-electron chi connectivity index (χ2n) is 5.07. The number of nitrogens with zero attached hydrogens (tertiary/aromatic N) is 1. The summed E-state index contributed by atoms with van der Waals surface area (Å²) < 4.78 is 2.42. The molecular weight excluding hydrogens is 196 g/mol. The summed E-state index contributed by atoms with van der Waals surface area (Å²) in [4.78, 5) is 0. The fourth-order valence-corrected chi connectivity index (χ4v) is 2.11. The molecule has 1 N–H and O–H groups in total. The number of rotatable bonds is 6. The van der Waals surface area contributed by atoms with Crippen LogP contribution in [-0.2, 0) is 13.1 Å². The topological polar surface area (TPSA) is 17.0 Å². The van der Waals surface area contributed by atoms with E-state index in [4.69, 9.17) is 0 Å². The molecular formula is C14H26N2. The van der Waals surface area contributed by atoms with Crippen LogP contribution in [0.5, 0.6) is 0 Å². The van der Waals surface area contributed by atoms with Crippen molar-refractivity contribution in [3.8, 4) is 0 Å². The third-order valence-electron chi connectivity index (χ3n) is 2.99. The fourth-order valence-electron chi connectivity index (χ4n) is 2.11. The van der Waals surface area contributed by atoms with Crippen LogP contribution < -0.4 is 5.32 Å². The van der Waals surface area contributed by atoms with Gasteiger partial charge in [-0.3, -0.25) is 0 Å². The van der Waals surface area contributed by atoms with Gasteiger partial charge in [-0.1, -0.05) is 20.8 Å². The van der Waals surface area contributed by atoms with E-state index >= 15 is 0 Å². The lowest BCUT2D eigenvalue weighted by Crippen LogP contribution is -2.19. The molecule has 0 bridgehead atoms. The average Bonchev–Trinajstić information content (AvgIpc) is 2.46. The van der Waals surface area contributed by atoms with Gasteiger partial charge in [-0.2, -0.15) is 0 Å². The number of hydrogen-bond donors (Lipinski definition) is 1. The SMILES string of the molecule is CCCn1c(C)cc(CNCC(C)C)c1C. The van der Waals surface area contributed by atoms with Crippen molar-refractivity contribution in [1.29, 1.82) is 0 Å². The Labute approximate surface area is 100 Å². The van der Waals surface area contributed by atoms with E-state index in [0.29, 0.717) is 0 Å². The maximum absolute atomic E-state index is 3.51. The van der Waals surface area contributed by atoms with Crippen molar-refractivity contribution >= 4 is 0 Å². The minimum atomic E-state index is 0.721. The van der Waals surface area contributed by atoms with Crippen LogP contribution in [0.2, 0.25) is 0 Å². The molecule has 0 atom stereocenters. The Morgan fingerprint density at radius 2 is 2.00 bits per heavy atom.